The summed E-state index contributed by atoms with van der Waals surface area (Å²) in [5, 5.41) is 0. The lowest BCUT2D eigenvalue weighted by atomic mass is 10.4. The Morgan fingerprint density at radius 2 is 0.824 bits per heavy atom. The first kappa shape index (κ1) is 36.0. The van der Waals surface area contributed by atoms with E-state index in [9.17, 15) is 0 Å². The van der Waals surface area contributed by atoms with Gasteiger partial charge in [0.25, 0.3) is 0 Å². The lowest BCUT2D eigenvalue weighted by Gasteiger charge is -1.90. The summed E-state index contributed by atoms with van der Waals surface area (Å²) in [6.07, 6.45) is 2.50. The molecule has 0 aliphatic carbocycles. The molecule has 1 nitrogen and oxygen atoms in total. The first-order valence-electron chi connectivity index (χ1n) is 6.52. The van der Waals surface area contributed by atoms with Gasteiger partial charge in [0.1, 0.15) is 0 Å². The van der Waals surface area contributed by atoms with Gasteiger partial charge in [0.05, 0.1) is 0 Å². The monoisotopic (exact) mass is 249 g/mol. The number of allylic oxidation sites excluding steroid dienone is 1. The highest BCUT2D eigenvalue weighted by atomic mass is 15.0. The second-order valence-corrected chi connectivity index (χ2v) is 3.96. The minimum Gasteiger partial charge on any atom is -0.312 e. The third-order valence-electron chi connectivity index (χ3n) is 0. The van der Waals surface area contributed by atoms with Gasteiger partial charge in [-0.2, -0.15) is 0 Å². The van der Waals surface area contributed by atoms with Crippen molar-refractivity contribution >= 4 is 0 Å². The predicted octanol–water partition coefficient (Wildman–Crippen LogP) is 6.26. The van der Waals surface area contributed by atoms with Crippen molar-refractivity contribution in [2.75, 3.05) is 21.1 Å². The third kappa shape index (κ3) is 32700. The molecule has 0 amide bonds. The van der Waals surface area contributed by atoms with Crippen molar-refractivity contribution in [1.29, 1.82) is 0 Å². The third-order valence-corrected chi connectivity index (χ3v) is 0. The summed E-state index contributed by atoms with van der Waals surface area (Å²) < 4.78 is 0. The van der Waals surface area contributed by atoms with Crippen LogP contribution in [0.2, 0.25) is 0 Å². The molecule has 0 aliphatic rings. The Kier molecular flexibility index (Phi) is 121. The molecule has 0 atom stereocenters. The Labute approximate surface area is 114 Å². The van der Waals surface area contributed by atoms with Gasteiger partial charge in [-0.25, -0.2) is 0 Å². The van der Waals surface area contributed by atoms with Crippen LogP contribution in [0.4, 0.5) is 0 Å². The van der Waals surface area contributed by atoms with Crippen LogP contribution in [0.5, 0.6) is 0 Å². The van der Waals surface area contributed by atoms with Gasteiger partial charge in [-0.15, -0.1) is 6.58 Å². The van der Waals surface area contributed by atoms with Crippen molar-refractivity contribution in [3.63, 3.8) is 0 Å². The lowest BCUT2D eigenvalue weighted by molar-refractivity contribution is 0.505. The average Bonchev–Trinajstić information content (AvgIpc) is 2.07. The van der Waals surface area contributed by atoms with E-state index in [1.807, 2.05) is 53.7 Å². The predicted molar refractivity (Wildman–Crippen MR) is 90.1 cm³/mol. The van der Waals surface area contributed by atoms with Crippen LogP contribution in [-0.2, 0) is 0 Å². The second kappa shape index (κ2) is 57.2. The van der Waals surface area contributed by atoms with Gasteiger partial charge >= 0.3 is 0 Å². The Morgan fingerprint density at radius 3 is 0.824 bits per heavy atom. The van der Waals surface area contributed by atoms with Gasteiger partial charge in [0.15, 0.2) is 0 Å². The van der Waals surface area contributed by atoms with Crippen molar-refractivity contribution in [2.24, 2.45) is 0 Å². The highest BCUT2D eigenvalue weighted by molar-refractivity contribution is 4.78. The number of hydrogen-bond acceptors (Lipinski definition) is 1. The van der Waals surface area contributed by atoms with E-state index in [1.54, 1.807) is 0 Å². The van der Waals surface area contributed by atoms with Crippen LogP contribution >= 0.6 is 0 Å². The molecule has 0 unspecified atom stereocenters. The Balaban J connectivity index is -0.0000000224. The van der Waals surface area contributed by atoms with Crippen LogP contribution in [-0.4, -0.2) is 26.0 Å². The lowest BCUT2D eigenvalue weighted by Crippen LogP contribution is -1.99. The maximum atomic E-state index is 3.56. The maximum absolute atomic E-state index is 3.56. The van der Waals surface area contributed by atoms with Gasteiger partial charge in [0, 0.05) is 0 Å². The summed E-state index contributed by atoms with van der Waals surface area (Å²) in [4.78, 5) is 2.00. The van der Waals surface area contributed by atoms with Gasteiger partial charge in [-0.3, -0.25) is 0 Å². The summed E-state index contributed by atoms with van der Waals surface area (Å²) in [5.74, 6) is 0. The fourth-order valence-electron chi connectivity index (χ4n) is 0. The minimum atomic E-state index is 0. The molecule has 0 saturated heterocycles. The van der Waals surface area contributed by atoms with Gasteiger partial charge < -0.3 is 4.90 Å². The van der Waals surface area contributed by atoms with Crippen molar-refractivity contribution in [1.82, 2.24) is 4.90 Å². The SMILES string of the molecule is C.C=C(C)C.CC.CCC.CCC.CN(C)C. The smallest absolute Gasteiger partial charge is 0.0140 e. The fourth-order valence-corrected chi connectivity index (χ4v) is 0. The van der Waals surface area contributed by atoms with Crippen molar-refractivity contribution in [3.8, 4) is 0 Å². The first-order chi connectivity index (χ1) is 7.29. The summed E-state index contributed by atoms with van der Waals surface area (Å²) in [7, 11) is 6.00. The van der Waals surface area contributed by atoms with Crippen LogP contribution < -0.4 is 0 Å². The Bertz CT molecular complexity index is 66.8. The zero-order chi connectivity index (χ0) is 14.6. The van der Waals surface area contributed by atoms with E-state index >= 15 is 0 Å². The van der Waals surface area contributed by atoms with Crippen molar-refractivity contribution in [2.45, 2.75) is 75.7 Å². The highest BCUT2D eigenvalue weighted by Crippen LogP contribution is 1.73. The molecular weight excluding hydrogens is 206 g/mol. The van der Waals surface area contributed by atoms with Crippen LogP contribution in [0.25, 0.3) is 0 Å². The molecule has 0 spiro atoms. The number of hydrogen-bond donors (Lipinski definition) is 0. The van der Waals surface area contributed by atoms with Crippen molar-refractivity contribution in [3.05, 3.63) is 12.2 Å². The molecule has 0 rings (SSSR count). The largest absolute Gasteiger partial charge is 0.312 e. The van der Waals surface area contributed by atoms with Crippen LogP contribution in [0.1, 0.15) is 75.7 Å². The van der Waals surface area contributed by atoms with E-state index in [1.165, 1.54) is 18.4 Å². The maximum Gasteiger partial charge on any atom is -0.0140 e. The summed E-state index contributed by atoms with van der Waals surface area (Å²) >= 11 is 0. The Morgan fingerprint density at radius 1 is 0.824 bits per heavy atom. The molecule has 0 aromatic rings. The molecule has 0 bridgehead atoms. The molecule has 17 heavy (non-hydrogen) atoms. The fraction of sp³-hybridized carbons (Fsp3) is 0.875. The summed E-state index contributed by atoms with van der Waals surface area (Å²) in [6, 6.07) is 0. The molecule has 0 saturated carbocycles. The topological polar surface area (TPSA) is 3.24 Å². The molecule has 0 N–H and O–H groups in total. The molecule has 112 valence electrons. The van der Waals surface area contributed by atoms with Gasteiger partial charge in [-0.05, 0) is 35.0 Å². The average molecular weight is 250 g/mol. The van der Waals surface area contributed by atoms with E-state index < -0.39 is 0 Å². The quantitative estimate of drug-likeness (QED) is 0.458. The van der Waals surface area contributed by atoms with Gasteiger partial charge in [-0.1, -0.05) is 67.4 Å². The van der Waals surface area contributed by atoms with E-state index in [2.05, 4.69) is 34.3 Å². The van der Waals surface area contributed by atoms with Crippen LogP contribution in [0.15, 0.2) is 12.2 Å². The first-order valence-corrected chi connectivity index (χ1v) is 6.52. The second-order valence-electron chi connectivity index (χ2n) is 3.96. The normalized spacial score (nSPS) is 6.12. The molecule has 0 fully saturated rings. The van der Waals surface area contributed by atoms with Crippen molar-refractivity contribution < 1.29 is 0 Å². The molecular formula is C16H43N. The molecule has 0 heterocycles. The number of rotatable bonds is 0. The Hall–Kier alpha value is -0.300. The van der Waals surface area contributed by atoms with E-state index in [0.717, 1.165) is 0 Å². The molecule has 0 aliphatic heterocycles. The minimum absolute atomic E-state index is 0. The van der Waals surface area contributed by atoms with Crippen LogP contribution in [0.3, 0.4) is 0 Å². The molecule has 0 aromatic carbocycles. The molecule has 0 aromatic heterocycles. The zero-order valence-corrected chi connectivity index (χ0v) is 14.1. The van der Waals surface area contributed by atoms with Crippen LogP contribution in [0, 0.1) is 0 Å². The number of nitrogens with zero attached hydrogens (tertiary/aromatic N) is 1. The van der Waals surface area contributed by atoms with Gasteiger partial charge in [0.2, 0.25) is 0 Å². The molecule has 1 heteroatoms. The summed E-state index contributed by atoms with van der Waals surface area (Å²) in [5.41, 5.74) is 1.17. The molecule has 0 radical (unpaired) electrons. The standard InChI is InChI=1S/C4H8.C3H9N.2C3H8.C2H6.CH4/c2*1-4(2)3;2*1-3-2;1-2;/h1H2,2-3H3;1-3H3;2*3H2,1-2H3;1-2H3;1H4. The summed E-state index contributed by atoms with van der Waals surface area (Å²) in [6.45, 7) is 20.0. The zero-order valence-electron chi connectivity index (χ0n) is 14.1. The van der Waals surface area contributed by atoms with E-state index in [4.69, 9.17) is 0 Å². The van der Waals surface area contributed by atoms with E-state index in [0.29, 0.717) is 0 Å². The highest BCUT2D eigenvalue weighted by Gasteiger charge is 1.58. The van der Waals surface area contributed by atoms with E-state index in [-0.39, 0.29) is 7.43 Å².